The topological polar surface area (TPSA) is 9.23 Å². The first-order valence-corrected chi connectivity index (χ1v) is 7.64. The van der Waals surface area contributed by atoms with Crippen LogP contribution < -0.4 is 0 Å². The quantitative estimate of drug-likeness (QED) is 0.663. The lowest BCUT2D eigenvalue weighted by Crippen LogP contribution is -2.58. The van der Waals surface area contributed by atoms with Crippen LogP contribution in [0.1, 0.15) is 58.8 Å². The Labute approximate surface area is 107 Å². The summed E-state index contributed by atoms with van der Waals surface area (Å²) in [4.78, 5) is 0. The molecule has 2 aliphatic heterocycles. The van der Waals surface area contributed by atoms with E-state index >= 15 is 0 Å². The van der Waals surface area contributed by atoms with Gasteiger partial charge in [-0.2, -0.15) is 0 Å². The van der Waals surface area contributed by atoms with Crippen LogP contribution in [0.2, 0.25) is 5.31 Å². The van der Waals surface area contributed by atoms with Crippen LogP contribution in [0, 0.1) is 17.8 Å². The van der Waals surface area contributed by atoms with E-state index < -0.39 is 0 Å². The van der Waals surface area contributed by atoms with Gasteiger partial charge in [0.05, 0.1) is 0 Å². The summed E-state index contributed by atoms with van der Waals surface area (Å²) in [5, 5.41) is 0.632. The Balaban J connectivity index is 1.85. The van der Waals surface area contributed by atoms with E-state index in [1.807, 2.05) is 7.11 Å². The summed E-state index contributed by atoms with van der Waals surface area (Å²) in [7, 11) is 3.30. The summed E-state index contributed by atoms with van der Waals surface area (Å²) in [6.07, 6.45) is 10.1. The number of hydrogen-bond donors (Lipinski definition) is 0. The monoisotopic (exact) mass is 234 g/mol. The summed E-state index contributed by atoms with van der Waals surface area (Å²) < 4.78 is 5.95. The normalized spacial score (nSPS) is 48.9. The van der Waals surface area contributed by atoms with Crippen molar-refractivity contribution in [1.82, 2.24) is 0 Å². The number of hydrogen-bond acceptors (Lipinski definition) is 1. The molecule has 96 valence electrons. The Bertz CT molecular complexity index is 288. The average molecular weight is 234 g/mol. The highest BCUT2D eigenvalue weighted by molar-refractivity contribution is 6.48. The van der Waals surface area contributed by atoms with Gasteiger partial charge in [-0.15, -0.1) is 0 Å². The Morgan fingerprint density at radius 2 is 1.71 bits per heavy atom. The molecule has 0 N–H and O–H groups in total. The summed E-state index contributed by atoms with van der Waals surface area (Å²) in [6.45, 7) is 4.87. The molecule has 0 aromatic carbocycles. The molecular weight excluding hydrogens is 207 g/mol. The van der Waals surface area contributed by atoms with Gasteiger partial charge in [0.2, 0.25) is 0 Å². The van der Waals surface area contributed by atoms with Gasteiger partial charge in [-0.1, -0.05) is 46.0 Å². The highest BCUT2D eigenvalue weighted by Gasteiger charge is 2.61. The van der Waals surface area contributed by atoms with Crippen molar-refractivity contribution in [3.63, 3.8) is 0 Å². The van der Waals surface area contributed by atoms with Gasteiger partial charge in [0.1, 0.15) is 0 Å². The van der Waals surface area contributed by atoms with Gasteiger partial charge in [0, 0.05) is 12.6 Å². The van der Waals surface area contributed by atoms with Crippen molar-refractivity contribution in [2.45, 2.75) is 69.6 Å². The predicted molar refractivity (Wildman–Crippen MR) is 73.7 cm³/mol. The maximum absolute atomic E-state index is 5.95. The van der Waals surface area contributed by atoms with Crippen molar-refractivity contribution in [3.8, 4) is 0 Å². The maximum Gasteiger partial charge on any atom is 0.168 e. The van der Waals surface area contributed by atoms with Gasteiger partial charge >= 0.3 is 0 Å². The Kier molecular flexibility index (Phi) is 2.85. The van der Waals surface area contributed by atoms with Crippen LogP contribution in [0.5, 0.6) is 0 Å². The van der Waals surface area contributed by atoms with Crippen molar-refractivity contribution in [2.75, 3.05) is 7.11 Å². The van der Waals surface area contributed by atoms with Crippen LogP contribution in [0.15, 0.2) is 0 Å². The first kappa shape index (κ1) is 12.1. The van der Waals surface area contributed by atoms with E-state index in [1.165, 1.54) is 52.2 Å². The van der Waals surface area contributed by atoms with Crippen molar-refractivity contribution >= 4 is 7.28 Å². The minimum atomic E-state index is 0.279. The lowest BCUT2D eigenvalue weighted by molar-refractivity contribution is -0.00667. The predicted octanol–water partition coefficient (Wildman–Crippen LogP) is 3.58. The van der Waals surface area contributed by atoms with Crippen LogP contribution in [0.4, 0.5) is 0 Å². The van der Waals surface area contributed by atoms with E-state index in [1.54, 1.807) is 0 Å². The number of ether oxygens (including phenoxy) is 1. The van der Waals surface area contributed by atoms with Gasteiger partial charge in [-0.3, -0.25) is 0 Å². The molecule has 2 aliphatic carbocycles. The summed E-state index contributed by atoms with van der Waals surface area (Å²) in [6, 6.07) is 0. The molecule has 0 spiro atoms. The molecule has 4 unspecified atom stereocenters. The molecule has 4 fully saturated rings. The highest BCUT2D eigenvalue weighted by Crippen LogP contribution is 2.65. The van der Waals surface area contributed by atoms with Crippen molar-refractivity contribution in [3.05, 3.63) is 0 Å². The Hall–Kier alpha value is 0.0249. The van der Waals surface area contributed by atoms with Gasteiger partial charge in [-0.05, 0) is 35.9 Å². The van der Waals surface area contributed by atoms with Crippen LogP contribution in [0.25, 0.3) is 0 Å². The zero-order valence-corrected chi connectivity index (χ0v) is 11.8. The van der Waals surface area contributed by atoms with Crippen LogP contribution in [0.3, 0.4) is 0 Å². The second-order valence-corrected chi connectivity index (χ2v) is 7.47. The first-order valence-electron chi connectivity index (χ1n) is 7.64. The first-order chi connectivity index (χ1) is 8.09. The molecule has 2 heteroatoms. The van der Waals surface area contributed by atoms with Gasteiger partial charge in [0.15, 0.2) is 7.28 Å². The third kappa shape index (κ3) is 1.78. The molecule has 4 rings (SSSR count). The molecule has 2 bridgehead atoms. The molecule has 2 saturated carbocycles. The Morgan fingerprint density at radius 1 is 1.12 bits per heavy atom. The maximum atomic E-state index is 5.95. The smallest absolute Gasteiger partial charge is 0.168 e. The van der Waals surface area contributed by atoms with E-state index in [-0.39, 0.29) is 5.50 Å². The zero-order valence-electron chi connectivity index (χ0n) is 11.8. The fourth-order valence-electron chi connectivity index (χ4n) is 5.21. The standard InChI is InChI=1S/C15H27BO/c1-11(2)14-8-12-6-4-5-7-13(12)9-15(10-14,16-14)17-3/h11-13,16H,4-10H2,1-3H3. The molecule has 1 nitrogen and oxygen atoms in total. The van der Waals surface area contributed by atoms with Crippen molar-refractivity contribution < 1.29 is 4.74 Å². The van der Waals surface area contributed by atoms with Crippen LogP contribution in [-0.4, -0.2) is 19.9 Å². The third-order valence-corrected chi connectivity index (χ3v) is 6.38. The zero-order chi connectivity index (χ0) is 12.1. The summed E-state index contributed by atoms with van der Waals surface area (Å²) in [5.74, 6) is 2.84. The van der Waals surface area contributed by atoms with Gasteiger partial charge < -0.3 is 4.74 Å². The summed E-state index contributed by atoms with van der Waals surface area (Å²) >= 11 is 0. The molecule has 0 amide bonds. The lowest BCUT2D eigenvalue weighted by Gasteiger charge is -2.56. The molecule has 2 heterocycles. The lowest BCUT2D eigenvalue weighted by atomic mass is 9.26. The van der Waals surface area contributed by atoms with Crippen molar-refractivity contribution in [1.29, 1.82) is 0 Å². The molecule has 0 radical (unpaired) electrons. The average Bonchev–Trinajstić information content (AvgIpc) is 2.50. The summed E-state index contributed by atoms with van der Waals surface area (Å²) in [5.41, 5.74) is 0.279. The fraction of sp³-hybridized carbons (Fsp3) is 1.00. The molecule has 17 heavy (non-hydrogen) atoms. The molecule has 4 atom stereocenters. The number of methoxy groups -OCH3 is 1. The largest absolute Gasteiger partial charge is 0.387 e. The van der Waals surface area contributed by atoms with Gasteiger partial charge in [-0.25, -0.2) is 0 Å². The van der Waals surface area contributed by atoms with Crippen LogP contribution in [-0.2, 0) is 4.74 Å². The molecular formula is C15H27BO. The van der Waals surface area contributed by atoms with Gasteiger partial charge in [0.25, 0.3) is 0 Å². The number of rotatable bonds is 2. The third-order valence-electron chi connectivity index (χ3n) is 6.38. The van der Waals surface area contributed by atoms with Crippen molar-refractivity contribution in [2.24, 2.45) is 17.8 Å². The molecule has 0 aromatic rings. The molecule has 4 aliphatic rings. The molecule has 2 saturated heterocycles. The Morgan fingerprint density at radius 3 is 2.24 bits per heavy atom. The van der Waals surface area contributed by atoms with E-state index in [9.17, 15) is 0 Å². The highest BCUT2D eigenvalue weighted by atomic mass is 16.5. The van der Waals surface area contributed by atoms with E-state index in [0.717, 1.165) is 17.8 Å². The minimum absolute atomic E-state index is 0.279. The molecule has 0 aromatic heterocycles. The van der Waals surface area contributed by atoms with Crippen LogP contribution >= 0.6 is 0 Å². The second kappa shape index (κ2) is 4.01. The minimum Gasteiger partial charge on any atom is -0.387 e. The van der Waals surface area contributed by atoms with E-state index in [4.69, 9.17) is 4.74 Å². The fourth-order valence-corrected chi connectivity index (χ4v) is 5.21. The second-order valence-electron chi connectivity index (χ2n) is 7.47. The van der Waals surface area contributed by atoms with E-state index in [2.05, 4.69) is 13.8 Å². The SMILES string of the molecule is COC12BC(C(C)C)(CC3CCCCC3C1)C2. The van der Waals surface area contributed by atoms with E-state index in [0.29, 0.717) is 5.31 Å².